The van der Waals surface area contributed by atoms with Gasteiger partial charge >= 0.3 is 0 Å². The summed E-state index contributed by atoms with van der Waals surface area (Å²) in [5.41, 5.74) is 7.38. The summed E-state index contributed by atoms with van der Waals surface area (Å²) in [6.07, 6.45) is 6.09. The van der Waals surface area contributed by atoms with Crippen LogP contribution in [0.5, 0.6) is 5.75 Å². The first kappa shape index (κ1) is 19.8. The largest absolute Gasteiger partial charge is 0.490 e. The number of hydrogen-bond acceptors (Lipinski definition) is 6. The van der Waals surface area contributed by atoms with Gasteiger partial charge < -0.3 is 15.8 Å². The number of thiazole rings is 1. The van der Waals surface area contributed by atoms with Crippen LogP contribution in [0.2, 0.25) is 0 Å². The fourth-order valence-electron chi connectivity index (χ4n) is 3.54. The number of nitrogens with zero attached hydrogens (tertiary/aromatic N) is 1. The molecule has 0 bridgehead atoms. The molecule has 0 aliphatic heterocycles. The molecule has 0 spiro atoms. The highest BCUT2D eigenvalue weighted by Gasteiger charge is 2.16. The smallest absolute Gasteiger partial charge is 0.259 e. The van der Waals surface area contributed by atoms with Crippen LogP contribution in [0, 0.1) is 11.7 Å². The average Bonchev–Trinajstić information content (AvgIpc) is 3.37. The van der Waals surface area contributed by atoms with Crippen molar-refractivity contribution in [2.75, 3.05) is 11.9 Å². The van der Waals surface area contributed by atoms with Crippen molar-refractivity contribution in [1.29, 1.82) is 0 Å². The van der Waals surface area contributed by atoms with Crippen LogP contribution in [0.15, 0.2) is 35.0 Å². The number of carbonyl (C=O) groups excluding carboxylic acids is 1. The first-order valence-corrected chi connectivity index (χ1v) is 11.4. The predicted octanol–water partition coefficient (Wildman–Crippen LogP) is 5.81. The van der Waals surface area contributed by atoms with E-state index in [0.29, 0.717) is 39.5 Å². The molecule has 3 aromatic rings. The molecule has 0 radical (unpaired) electrons. The predicted molar refractivity (Wildman–Crippen MR) is 116 cm³/mol. The van der Waals surface area contributed by atoms with E-state index in [9.17, 15) is 9.18 Å². The van der Waals surface area contributed by atoms with E-state index in [4.69, 9.17) is 10.5 Å². The number of nitrogens with one attached hydrogen (secondary N) is 1. The zero-order valence-corrected chi connectivity index (χ0v) is 17.5. The number of anilines is 2. The summed E-state index contributed by atoms with van der Waals surface area (Å²) in [7, 11) is 0. The van der Waals surface area contributed by atoms with Gasteiger partial charge in [0.15, 0.2) is 16.7 Å². The first-order chi connectivity index (χ1) is 14.1. The Balaban J connectivity index is 1.41. The Bertz CT molecular complexity index is 995. The number of aromatic nitrogens is 1. The molecule has 2 aromatic heterocycles. The van der Waals surface area contributed by atoms with E-state index in [-0.39, 0.29) is 5.75 Å². The van der Waals surface area contributed by atoms with Gasteiger partial charge in [-0.15, -0.1) is 22.7 Å². The number of primary amides is 1. The van der Waals surface area contributed by atoms with Crippen LogP contribution in [0.25, 0.3) is 11.3 Å². The third-order valence-corrected chi connectivity index (χ3v) is 6.74. The Morgan fingerprint density at radius 1 is 1.24 bits per heavy atom. The lowest BCUT2D eigenvalue weighted by Gasteiger charge is -2.21. The number of ether oxygens (including phenoxy) is 1. The van der Waals surface area contributed by atoms with Crippen LogP contribution < -0.4 is 15.8 Å². The number of hydrogen-bond donors (Lipinski definition) is 2. The standard InChI is InChI=1S/C21H22FN3O2S2/c22-16-10-14(6-7-18(16)27-11-13-4-2-1-3-5-13)24-21-25-17(12-29-21)15-8-9-28-19(15)20(23)26/h6-10,12-13H,1-5,11H2,(H2,23,26)(H,24,25). The van der Waals surface area contributed by atoms with Crippen LogP contribution in [-0.4, -0.2) is 17.5 Å². The van der Waals surface area contributed by atoms with E-state index in [0.717, 1.165) is 12.8 Å². The number of amides is 1. The number of carbonyl (C=O) groups is 1. The minimum atomic E-state index is -0.469. The molecule has 2 heterocycles. The van der Waals surface area contributed by atoms with Gasteiger partial charge in [-0.2, -0.15) is 0 Å². The van der Waals surface area contributed by atoms with Crippen molar-refractivity contribution >= 4 is 39.4 Å². The van der Waals surface area contributed by atoms with Crippen LogP contribution in [0.1, 0.15) is 41.8 Å². The lowest BCUT2D eigenvalue weighted by Crippen LogP contribution is -2.15. The fraction of sp³-hybridized carbons (Fsp3) is 0.333. The lowest BCUT2D eigenvalue weighted by atomic mass is 9.90. The minimum absolute atomic E-state index is 0.283. The number of nitrogens with two attached hydrogens (primary N) is 1. The van der Waals surface area contributed by atoms with Crippen LogP contribution in [0.3, 0.4) is 0 Å². The summed E-state index contributed by atoms with van der Waals surface area (Å²) in [5.74, 6) is -0.0535. The van der Waals surface area contributed by atoms with E-state index in [1.165, 1.54) is 48.0 Å². The number of thiophene rings is 1. The van der Waals surface area contributed by atoms with Gasteiger partial charge in [-0.05, 0) is 42.3 Å². The molecule has 1 aliphatic rings. The molecule has 8 heteroatoms. The van der Waals surface area contributed by atoms with Gasteiger partial charge in [0.1, 0.15) is 4.88 Å². The Kier molecular flexibility index (Phi) is 6.10. The highest BCUT2D eigenvalue weighted by atomic mass is 32.1. The van der Waals surface area contributed by atoms with Gasteiger partial charge in [0.25, 0.3) is 5.91 Å². The van der Waals surface area contributed by atoms with Crippen molar-refractivity contribution in [3.05, 3.63) is 45.7 Å². The molecule has 1 aliphatic carbocycles. The molecular weight excluding hydrogens is 409 g/mol. The second kappa shape index (κ2) is 8.92. The van der Waals surface area contributed by atoms with E-state index < -0.39 is 11.7 Å². The Labute approximate surface area is 176 Å². The molecular formula is C21H22FN3O2S2. The molecule has 0 saturated heterocycles. The molecule has 3 N–H and O–H groups in total. The molecule has 4 rings (SSSR count). The van der Waals surface area contributed by atoms with Gasteiger partial charge in [-0.3, -0.25) is 4.79 Å². The zero-order valence-electron chi connectivity index (χ0n) is 15.8. The molecule has 5 nitrogen and oxygen atoms in total. The van der Waals surface area contributed by atoms with Gasteiger partial charge in [0, 0.05) is 22.7 Å². The van der Waals surface area contributed by atoms with Crippen molar-refractivity contribution in [2.24, 2.45) is 11.7 Å². The van der Waals surface area contributed by atoms with Gasteiger partial charge in [-0.25, -0.2) is 9.37 Å². The second-order valence-electron chi connectivity index (χ2n) is 7.15. The topological polar surface area (TPSA) is 77.2 Å². The molecule has 1 amide bonds. The van der Waals surface area contributed by atoms with Gasteiger partial charge in [0.05, 0.1) is 12.3 Å². The molecule has 152 valence electrons. The average molecular weight is 432 g/mol. The Morgan fingerprint density at radius 3 is 2.83 bits per heavy atom. The van der Waals surface area contributed by atoms with Crippen LogP contribution >= 0.6 is 22.7 Å². The quantitative estimate of drug-likeness (QED) is 0.495. The Hall–Kier alpha value is -2.45. The summed E-state index contributed by atoms with van der Waals surface area (Å²) in [4.78, 5) is 16.5. The Morgan fingerprint density at radius 2 is 2.07 bits per heavy atom. The SMILES string of the molecule is NC(=O)c1sccc1-c1csc(Nc2ccc(OCC3CCCCC3)c(F)c2)n1. The minimum Gasteiger partial charge on any atom is -0.490 e. The molecule has 1 aromatic carbocycles. The van der Waals surface area contributed by atoms with Crippen LogP contribution in [0.4, 0.5) is 15.2 Å². The maximum absolute atomic E-state index is 14.4. The summed E-state index contributed by atoms with van der Waals surface area (Å²) >= 11 is 2.67. The highest BCUT2D eigenvalue weighted by Crippen LogP contribution is 2.33. The maximum Gasteiger partial charge on any atom is 0.259 e. The summed E-state index contributed by atoms with van der Waals surface area (Å²) < 4.78 is 20.2. The van der Waals surface area contributed by atoms with E-state index >= 15 is 0 Å². The van der Waals surface area contributed by atoms with Crippen molar-refractivity contribution < 1.29 is 13.9 Å². The second-order valence-corrected chi connectivity index (χ2v) is 8.93. The molecule has 29 heavy (non-hydrogen) atoms. The molecule has 0 unspecified atom stereocenters. The fourth-order valence-corrected chi connectivity index (χ4v) is 5.02. The summed E-state index contributed by atoms with van der Waals surface area (Å²) in [6.45, 7) is 0.572. The van der Waals surface area contributed by atoms with Crippen molar-refractivity contribution in [3.63, 3.8) is 0 Å². The van der Waals surface area contributed by atoms with E-state index in [1.54, 1.807) is 12.1 Å². The monoisotopic (exact) mass is 431 g/mol. The maximum atomic E-state index is 14.4. The third kappa shape index (κ3) is 4.76. The number of rotatable bonds is 7. The number of halogens is 1. The zero-order chi connectivity index (χ0) is 20.2. The molecule has 1 fully saturated rings. The molecule has 0 atom stereocenters. The highest BCUT2D eigenvalue weighted by molar-refractivity contribution is 7.14. The van der Waals surface area contributed by atoms with Crippen LogP contribution in [-0.2, 0) is 0 Å². The normalized spacial score (nSPS) is 14.7. The first-order valence-electron chi connectivity index (χ1n) is 9.62. The van der Waals surface area contributed by atoms with E-state index in [1.807, 2.05) is 16.8 Å². The van der Waals surface area contributed by atoms with E-state index in [2.05, 4.69) is 10.3 Å². The van der Waals surface area contributed by atoms with Gasteiger partial charge in [-0.1, -0.05) is 19.3 Å². The molecule has 1 saturated carbocycles. The summed E-state index contributed by atoms with van der Waals surface area (Å²) in [5, 5.41) is 7.37. The number of benzene rings is 1. The lowest BCUT2D eigenvalue weighted by molar-refractivity contribution is 0.100. The van der Waals surface area contributed by atoms with Crippen molar-refractivity contribution in [1.82, 2.24) is 4.98 Å². The van der Waals surface area contributed by atoms with Gasteiger partial charge in [0.2, 0.25) is 0 Å². The third-order valence-electron chi connectivity index (χ3n) is 5.05. The van der Waals surface area contributed by atoms with Crippen molar-refractivity contribution in [3.8, 4) is 17.0 Å². The van der Waals surface area contributed by atoms with Crippen molar-refractivity contribution in [2.45, 2.75) is 32.1 Å². The summed E-state index contributed by atoms with van der Waals surface area (Å²) in [6, 6.07) is 6.66.